The predicted molar refractivity (Wildman–Crippen MR) is 76.4 cm³/mol. The van der Waals surface area contributed by atoms with Crippen molar-refractivity contribution in [1.82, 2.24) is 15.0 Å². The van der Waals surface area contributed by atoms with Crippen molar-refractivity contribution in [3.63, 3.8) is 0 Å². The molecule has 0 saturated heterocycles. The summed E-state index contributed by atoms with van der Waals surface area (Å²) in [7, 11) is 1.51. The second kappa shape index (κ2) is 10.2. The molecule has 0 fully saturated rings. The molecule has 7 nitrogen and oxygen atoms in total. The normalized spacial score (nSPS) is 10.3. The third-order valence-corrected chi connectivity index (χ3v) is 2.41. The maximum atomic E-state index is 5.44. The zero-order chi connectivity index (χ0) is 14.6. The van der Waals surface area contributed by atoms with Crippen LogP contribution in [0.1, 0.15) is 33.1 Å². The summed E-state index contributed by atoms with van der Waals surface area (Å²) in [6.45, 7) is 6.66. The lowest BCUT2D eigenvalue weighted by Gasteiger charge is -2.08. The minimum Gasteiger partial charge on any atom is -0.467 e. The molecule has 0 spiro atoms. The van der Waals surface area contributed by atoms with Gasteiger partial charge in [0.25, 0.3) is 0 Å². The molecule has 7 heteroatoms. The standard InChI is InChI=1S/C13H24N4O3/c1-4-6-8-19-9-10-20-13-16-11(14-7-5-2)15-12(17-13)18-3/h4-10H2,1-3H3,(H,14,15,16,17). The van der Waals surface area contributed by atoms with Gasteiger partial charge in [-0.2, -0.15) is 9.97 Å². The summed E-state index contributed by atoms with van der Waals surface area (Å²) in [6.07, 6.45) is 3.16. The summed E-state index contributed by atoms with van der Waals surface area (Å²) in [4.78, 5) is 12.3. The molecule has 1 aromatic rings. The summed E-state index contributed by atoms with van der Waals surface area (Å²) in [5.41, 5.74) is 0. The zero-order valence-electron chi connectivity index (χ0n) is 12.5. The lowest BCUT2D eigenvalue weighted by Crippen LogP contribution is -2.12. The van der Waals surface area contributed by atoms with Gasteiger partial charge in [-0.1, -0.05) is 20.3 Å². The molecule has 0 atom stereocenters. The van der Waals surface area contributed by atoms with Gasteiger partial charge in [-0.15, -0.1) is 4.98 Å². The molecule has 0 amide bonds. The quantitative estimate of drug-likeness (QED) is 0.622. The van der Waals surface area contributed by atoms with Crippen molar-refractivity contribution in [3.8, 4) is 12.0 Å². The smallest absolute Gasteiger partial charge is 0.324 e. The first-order valence-electron chi connectivity index (χ1n) is 7.04. The third kappa shape index (κ3) is 6.51. The fourth-order valence-corrected chi connectivity index (χ4v) is 1.35. The van der Waals surface area contributed by atoms with E-state index < -0.39 is 0 Å². The molecule has 1 aromatic heterocycles. The van der Waals surface area contributed by atoms with Gasteiger partial charge in [-0.25, -0.2) is 0 Å². The summed E-state index contributed by atoms with van der Waals surface area (Å²) >= 11 is 0. The number of nitrogens with one attached hydrogen (secondary N) is 1. The van der Waals surface area contributed by atoms with Gasteiger partial charge < -0.3 is 19.5 Å². The minimum atomic E-state index is 0.237. The molecule has 1 N–H and O–H groups in total. The molecule has 1 heterocycles. The van der Waals surface area contributed by atoms with Crippen molar-refractivity contribution >= 4 is 5.95 Å². The Balaban J connectivity index is 2.42. The molecular weight excluding hydrogens is 260 g/mol. The van der Waals surface area contributed by atoms with E-state index in [1.165, 1.54) is 7.11 Å². The van der Waals surface area contributed by atoms with Gasteiger partial charge in [0, 0.05) is 13.2 Å². The molecule has 0 aliphatic heterocycles. The van der Waals surface area contributed by atoms with Gasteiger partial charge in [-0.05, 0) is 12.8 Å². The summed E-state index contributed by atoms with van der Waals surface area (Å²) in [5, 5.41) is 3.07. The van der Waals surface area contributed by atoms with Crippen LogP contribution in [-0.4, -0.2) is 48.4 Å². The van der Waals surface area contributed by atoms with E-state index in [1.807, 2.05) is 0 Å². The first kappa shape index (κ1) is 16.4. The van der Waals surface area contributed by atoms with Crippen LogP contribution in [0.4, 0.5) is 5.95 Å². The minimum absolute atomic E-state index is 0.237. The van der Waals surface area contributed by atoms with Crippen LogP contribution in [0.25, 0.3) is 0 Å². The Hall–Kier alpha value is -1.63. The van der Waals surface area contributed by atoms with Crippen molar-refractivity contribution in [2.45, 2.75) is 33.1 Å². The molecule has 0 aliphatic rings. The van der Waals surface area contributed by atoms with Crippen LogP contribution in [0.5, 0.6) is 12.0 Å². The number of hydrogen-bond donors (Lipinski definition) is 1. The van der Waals surface area contributed by atoms with E-state index >= 15 is 0 Å². The fraction of sp³-hybridized carbons (Fsp3) is 0.769. The second-order valence-corrected chi connectivity index (χ2v) is 4.17. The van der Waals surface area contributed by atoms with Crippen LogP contribution in [-0.2, 0) is 4.74 Å². The number of nitrogens with zero attached hydrogens (tertiary/aromatic N) is 3. The van der Waals surface area contributed by atoms with Crippen LogP contribution < -0.4 is 14.8 Å². The fourth-order valence-electron chi connectivity index (χ4n) is 1.35. The highest BCUT2D eigenvalue weighted by atomic mass is 16.5. The molecule has 0 radical (unpaired) electrons. The lowest BCUT2D eigenvalue weighted by molar-refractivity contribution is 0.0943. The second-order valence-electron chi connectivity index (χ2n) is 4.17. The Morgan fingerprint density at radius 2 is 1.75 bits per heavy atom. The number of hydrogen-bond acceptors (Lipinski definition) is 7. The van der Waals surface area contributed by atoms with E-state index in [0.29, 0.717) is 19.2 Å². The van der Waals surface area contributed by atoms with Gasteiger partial charge in [0.1, 0.15) is 6.61 Å². The van der Waals surface area contributed by atoms with E-state index in [4.69, 9.17) is 14.2 Å². The summed E-state index contributed by atoms with van der Waals surface area (Å²) in [6, 6.07) is 0.482. The van der Waals surface area contributed by atoms with Crippen molar-refractivity contribution < 1.29 is 14.2 Å². The highest BCUT2D eigenvalue weighted by Gasteiger charge is 2.07. The van der Waals surface area contributed by atoms with Crippen molar-refractivity contribution in [2.75, 3.05) is 38.8 Å². The van der Waals surface area contributed by atoms with Gasteiger partial charge >= 0.3 is 12.0 Å². The van der Waals surface area contributed by atoms with Crippen LogP contribution in [0.2, 0.25) is 0 Å². The van der Waals surface area contributed by atoms with Crippen molar-refractivity contribution in [1.29, 1.82) is 0 Å². The molecule has 0 aromatic carbocycles. The predicted octanol–water partition coefficient (Wildman–Crippen LogP) is 1.90. The number of anilines is 1. The molecule has 0 saturated carbocycles. The topological polar surface area (TPSA) is 78.4 Å². The number of methoxy groups -OCH3 is 1. The Morgan fingerprint density at radius 1 is 0.950 bits per heavy atom. The van der Waals surface area contributed by atoms with E-state index in [-0.39, 0.29) is 12.0 Å². The Labute approximate surface area is 120 Å². The maximum absolute atomic E-state index is 5.44. The van der Waals surface area contributed by atoms with E-state index in [1.54, 1.807) is 0 Å². The molecular formula is C13H24N4O3. The zero-order valence-corrected chi connectivity index (χ0v) is 12.5. The average Bonchev–Trinajstić information content (AvgIpc) is 2.48. The van der Waals surface area contributed by atoms with E-state index in [0.717, 1.165) is 32.4 Å². The number of aromatic nitrogens is 3. The Morgan fingerprint density at radius 3 is 2.45 bits per heavy atom. The van der Waals surface area contributed by atoms with Crippen LogP contribution in [0.15, 0.2) is 0 Å². The molecule has 0 unspecified atom stereocenters. The van der Waals surface area contributed by atoms with Crippen molar-refractivity contribution in [2.24, 2.45) is 0 Å². The highest BCUT2D eigenvalue weighted by Crippen LogP contribution is 2.12. The number of unbranched alkanes of at least 4 members (excludes halogenated alkanes) is 1. The summed E-state index contributed by atoms with van der Waals surface area (Å²) in [5.74, 6) is 0.459. The SMILES string of the molecule is CCCCOCCOc1nc(NCCC)nc(OC)n1. The molecule has 0 bridgehead atoms. The van der Waals surface area contributed by atoms with E-state index in [2.05, 4.69) is 34.1 Å². The van der Waals surface area contributed by atoms with E-state index in [9.17, 15) is 0 Å². The maximum Gasteiger partial charge on any atom is 0.324 e. The molecule has 20 heavy (non-hydrogen) atoms. The molecule has 1 rings (SSSR count). The Bertz CT molecular complexity index is 377. The van der Waals surface area contributed by atoms with Gasteiger partial charge in [-0.3, -0.25) is 0 Å². The van der Waals surface area contributed by atoms with Gasteiger partial charge in [0.05, 0.1) is 13.7 Å². The first-order valence-corrected chi connectivity index (χ1v) is 7.04. The largest absolute Gasteiger partial charge is 0.467 e. The molecule has 114 valence electrons. The monoisotopic (exact) mass is 284 g/mol. The highest BCUT2D eigenvalue weighted by molar-refractivity contribution is 5.27. The van der Waals surface area contributed by atoms with Gasteiger partial charge in [0.15, 0.2) is 0 Å². The van der Waals surface area contributed by atoms with Gasteiger partial charge in [0.2, 0.25) is 5.95 Å². The van der Waals surface area contributed by atoms with Crippen LogP contribution in [0.3, 0.4) is 0 Å². The lowest BCUT2D eigenvalue weighted by atomic mass is 10.4. The van der Waals surface area contributed by atoms with Crippen LogP contribution in [0, 0.1) is 0 Å². The summed E-state index contributed by atoms with van der Waals surface area (Å²) < 4.78 is 15.9. The average molecular weight is 284 g/mol. The first-order chi connectivity index (χ1) is 9.80. The Kier molecular flexibility index (Phi) is 8.37. The third-order valence-electron chi connectivity index (χ3n) is 2.41. The number of rotatable bonds is 11. The molecule has 0 aliphatic carbocycles. The van der Waals surface area contributed by atoms with Crippen molar-refractivity contribution in [3.05, 3.63) is 0 Å². The number of ether oxygens (including phenoxy) is 3. The van der Waals surface area contributed by atoms with Crippen LogP contribution >= 0.6 is 0 Å².